The lowest BCUT2D eigenvalue weighted by Gasteiger charge is -2.33. The maximum atomic E-state index is 12.7. The second-order valence-electron chi connectivity index (χ2n) is 4.99. The van der Waals surface area contributed by atoms with Crippen molar-refractivity contribution in [2.75, 3.05) is 11.4 Å². The van der Waals surface area contributed by atoms with Crippen LogP contribution in [-0.4, -0.2) is 12.5 Å². The number of amides is 1. The van der Waals surface area contributed by atoms with Crippen molar-refractivity contribution in [2.24, 2.45) is 5.92 Å². The predicted octanol–water partition coefficient (Wildman–Crippen LogP) is 4.19. The molecule has 1 amide bonds. The third kappa shape index (κ3) is 2.56. The maximum Gasteiger partial charge on any atom is 0.259 e. The summed E-state index contributed by atoms with van der Waals surface area (Å²) in [6.45, 7) is 3.01. The van der Waals surface area contributed by atoms with Gasteiger partial charge in [-0.25, -0.2) is 0 Å². The Balaban J connectivity index is 1.99. The Morgan fingerprint density at radius 1 is 1.42 bits per heavy atom. The Hall–Kier alpha value is -0.880. The molecule has 2 heterocycles. The summed E-state index contributed by atoms with van der Waals surface area (Å²) in [5.74, 6) is 0.634. The summed E-state index contributed by atoms with van der Waals surface area (Å²) in [5, 5.41) is 1.95. The van der Waals surface area contributed by atoms with Gasteiger partial charge in [0.25, 0.3) is 5.91 Å². The number of carbonyl (C=O) groups is 1. The molecule has 19 heavy (non-hydrogen) atoms. The third-order valence-electron chi connectivity index (χ3n) is 3.40. The summed E-state index contributed by atoms with van der Waals surface area (Å²) in [6.07, 6.45) is 1.06. The van der Waals surface area contributed by atoms with Crippen LogP contribution in [0.5, 0.6) is 0 Å². The minimum Gasteiger partial charge on any atom is -0.308 e. The average molecular weight is 383 g/mol. The topological polar surface area (TPSA) is 20.3 Å². The molecule has 0 fully saturated rings. The lowest BCUT2D eigenvalue weighted by Crippen LogP contribution is -2.39. The molecule has 0 saturated heterocycles. The molecule has 4 heteroatoms. The van der Waals surface area contributed by atoms with Gasteiger partial charge in [0.15, 0.2) is 0 Å². The van der Waals surface area contributed by atoms with E-state index < -0.39 is 0 Å². The molecule has 0 N–H and O–H groups in total. The SMILES string of the molecule is CC1Cc2ccccc2N(C(=O)c2csc(I)c2)C1. The second-order valence-corrected chi connectivity index (χ2v) is 7.80. The molecule has 0 saturated carbocycles. The van der Waals surface area contributed by atoms with E-state index in [1.165, 1.54) is 5.56 Å². The van der Waals surface area contributed by atoms with E-state index in [1.54, 1.807) is 11.3 Å². The van der Waals surface area contributed by atoms with E-state index in [-0.39, 0.29) is 5.91 Å². The largest absolute Gasteiger partial charge is 0.308 e. The molecule has 1 aromatic carbocycles. The number of anilines is 1. The highest BCUT2D eigenvalue weighted by Crippen LogP contribution is 2.31. The Labute approximate surface area is 130 Å². The fourth-order valence-electron chi connectivity index (χ4n) is 2.57. The van der Waals surface area contributed by atoms with Crippen LogP contribution in [0.2, 0.25) is 0 Å². The zero-order valence-electron chi connectivity index (χ0n) is 10.6. The smallest absolute Gasteiger partial charge is 0.259 e. The van der Waals surface area contributed by atoms with E-state index >= 15 is 0 Å². The van der Waals surface area contributed by atoms with Gasteiger partial charge in [0.2, 0.25) is 0 Å². The van der Waals surface area contributed by atoms with Crippen molar-refractivity contribution in [2.45, 2.75) is 13.3 Å². The molecule has 0 spiro atoms. The molecule has 1 unspecified atom stereocenters. The molecule has 2 aromatic rings. The first-order chi connectivity index (χ1) is 9.15. The normalized spacial score (nSPS) is 18.2. The number of nitrogens with zero attached hydrogens (tertiary/aromatic N) is 1. The van der Waals surface area contributed by atoms with Crippen LogP contribution >= 0.6 is 33.9 Å². The summed E-state index contributed by atoms with van der Waals surface area (Å²) in [5.41, 5.74) is 3.16. The van der Waals surface area contributed by atoms with Crippen molar-refractivity contribution >= 4 is 45.5 Å². The van der Waals surface area contributed by atoms with Gasteiger partial charge in [0, 0.05) is 17.6 Å². The molecule has 0 aliphatic carbocycles. The van der Waals surface area contributed by atoms with E-state index in [1.807, 2.05) is 28.5 Å². The van der Waals surface area contributed by atoms with Crippen molar-refractivity contribution < 1.29 is 4.79 Å². The Kier molecular flexibility index (Phi) is 3.62. The van der Waals surface area contributed by atoms with Crippen LogP contribution in [0.1, 0.15) is 22.8 Å². The van der Waals surface area contributed by atoms with Gasteiger partial charge in [-0.15, -0.1) is 11.3 Å². The van der Waals surface area contributed by atoms with Gasteiger partial charge in [0.1, 0.15) is 0 Å². The highest BCUT2D eigenvalue weighted by atomic mass is 127. The number of halogens is 1. The van der Waals surface area contributed by atoms with Crippen LogP contribution in [0.4, 0.5) is 5.69 Å². The number of para-hydroxylation sites is 1. The lowest BCUT2D eigenvalue weighted by atomic mass is 9.93. The molecule has 1 aliphatic heterocycles. The van der Waals surface area contributed by atoms with Crippen molar-refractivity contribution in [1.82, 2.24) is 0 Å². The van der Waals surface area contributed by atoms with Crippen LogP contribution in [0.3, 0.4) is 0 Å². The molecule has 0 radical (unpaired) electrons. The first-order valence-corrected chi connectivity index (χ1v) is 8.25. The van der Waals surface area contributed by atoms with E-state index in [4.69, 9.17) is 0 Å². The molecular weight excluding hydrogens is 369 g/mol. The molecule has 0 bridgehead atoms. The van der Waals surface area contributed by atoms with E-state index in [9.17, 15) is 4.79 Å². The average Bonchev–Trinajstić information content (AvgIpc) is 2.83. The van der Waals surface area contributed by atoms with Gasteiger partial charge in [0.05, 0.1) is 8.45 Å². The minimum absolute atomic E-state index is 0.123. The van der Waals surface area contributed by atoms with Crippen LogP contribution in [-0.2, 0) is 6.42 Å². The van der Waals surface area contributed by atoms with Crippen LogP contribution in [0.25, 0.3) is 0 Å². The number of fused-ring (bicyclic) bond motifs is 1. The zero-order valence-corrected chi connectivity index (χ0v) is 13.6. The molecule has 3 rings (SSSR count). The molecule has 1 aliphatic rings. The molecule has 98 valence electrons. The highest BCUT2D eigenvalue weighted by molar-refractivity contribution is 14.1. The summed E-state index contributed by atoms with van der Waals surface area (Å²) >= 11 is 3.87. The zero-order chi connectivity index (χ0) is 13.4. The highest BCUT2D eigenvalue weighted by Gasteiger charge is 2.27. The number of carbonyl (C=O) groups excluding carboxylic acids is 1. The van der Waals surface area contributed by atoms with Crippen LogP contribution in [0, 0.1) is 8.80 Å². The molecule has 1 atom stereocenters. The van der Waals surface area contributed by atoms with Gasteiger partial charge in [-0.05, 0) is 52.6 Å². The first kappa shape index (κ1) is 13.1. The van der Waals surface area contributed by atoms with E-state index in [2.05, 4.69) is 41.6 Å². The second kappa shape index (κ2) is 5.25. The Bertz CT molecular complexity index is 622. The van der Waals surface area contributed by atoms with Gasteiger partial charge < -0.3 is 4.90 Å². The monoisotopic (exact) mass is 383 g/mol. The van der Waals surface area contributed by atoms with Crippen molar-refractivity contribution in [3.63, 3.8) is 0 Å². The minimum atomic E-state index is 0.123. The summed E-state index contributed by atoms with van der Waals surface area (Å²) < 4.78 is 1.15. The van der Waals surface area contributed by atoms with Crippen LogP contribution < -0.4 is 4.90 Å². The van der Waals surface area contributed by atoms with Gasteiger partial charge in [-0.3, -0.25) is 4.79 Å². The Morgan fingerprint density at radius 2 is 2.21 bits per heavy atom. The van der Waals surface area contributed by atoms with Gasteiger partial charge in [-0.1, -0.05) is 25.1 Å². The maximum absolute atomic E-state index is 12.7. The number of rotatable bonds is 1. The number of thiophene rings is 1. The predicted molar refractivity (Wildman–Crippen MR) is 88.0 cm³/mol. The Morgan fingerprint density at radius 3 is 2.95 bits per heavy atom. The van der Waals surface area contributed by atoms with Crippen molar-refractivity contribution in [1.29, 1.82) is 0 Å². The molecule has 2 nitrogen and oxygen atoms in total. The third-order valence-corrected chi connectivity index (χ3v) is 5.19. The van der Waals surface area contributed by atoms with E-state index in [0.717, 1.165) is 27.1 Å². The summed E-state index contributed by atoms with van der Waals surface area (Å²) in [6, 6.07) is 10.2. The summed E-state index contributed by atoms with van der Waals surface area (Å²) in [4.78, 5) is 14.6. The first-order valence-electron chi connectivity index (χ1n) is 6.29. The number of benzene rings is 1. The number of hydrogen-bond donors (Lipinski definition) is 0. The fraction of sp³-hybridized carbons (Fsp3) is 0.267. The fourth-order valence-corrected chi connectivity index (χ4v) is 3.89. The van der Waals surface area contributed by atoms with Crippen molar-refractivity contribution in [3.8, 4) is 0 Å². The lowest BCUT2D eigenvalue weighted by molar-refractivity contribution is 0.0981. The quantitative estimate of drug-likeness (QED) is 0.677. The van der Waals surface area contributed by atoms with Gasteiger partial charge >= 0.3 is 0 Å². The van der Waals surface area contributed by atoms with Crippen LogP contribution in [0.15, 0.2) is 35.7 Å². The number of hydrogen-bond acceptors (Lipinski definition) is 2. The standard InChI is InChI=1S/C15H14INOS/c1-10-6-11-4-2-3-5-13(11)17(8-10)15(18)12-7-14(16)19-9-12/h2-5,7,9-10H,6,8H2,1H3. The van der Waals surface area contributed by atoms with Gasteiger partial charge in [-0.2, -0.15) is 0 Å². The van der Waals surface area contributed by atoms with Crippen molar-refractivity contribution in [3.05, 3.63) is 49.7 Å². The molecular formula is C15H14INOS. The molecule has 1 aromatic heterocycles. The van der Waals surface area contributed by atoms with E-state index in [0.29, 0.717) is 5.92 Å². The summed E-state index contributed by atoms with van der Waals surface area (Å²) in [7, 11) is 0.